The van der Waals surface area contributed by atoms with Gasteiger partial charge in [-0.25, -0.2) is 0 Å². The molecule has 1 saturated carbocycles. The Balaban J connectivity index is 2.52. The molecule has 1 aliphatic rings. The van der Waals surface area contributed by atoms with Gasteiger partial charge in [0.1, 0.15) is 0 Å². The second-order valence-corrected chi connectivity index (χ2v) is 4.89. The summed E-state index contributed by atoms with van der Waals surface area (Å²) in [6.45, 7) is 9.58. The maximum absolute atomic E-state index is 2.45. The fourth-order valence-corrected chi connectivity index (χ4v) is 3.08. The Morgan fingerprint density at radius 1 is 1.25 bits per heavy atom. The molecule has 0 saturated heterocycles. The molecule has 1 fully saturated rings. The highest BCUT2D eigenvalue weighted by Crippen LogP contribution is 2.40. The average molecular weight is 168 g/mol. The van der Waals surface area contributed by atoms with Crippen LogP contribution in [0.4, 0.5) is 0 Å². The molecule has 0 aromatic heterocycles. The smallest absolute Gasteiger partial charge is 0.0358 e. The first kappa shape index (κ1) is 10.1. The van der Waals surface area contributed by atoms with Gasteiger partial charge in [-0.05, 0) is 30.1 Å². The van der Waals surface area contributed by atoms with E-state index >= 15 is 0 Å². The van der Waals surface area contributed by atoms with E-state index in [2.05, 4.69) is 27.7 Å². The predicted octanol–water partition coefficient (Wildman–Crippen LogP) is 4.10. The van der Waals surface area contributed by atoms with Gasteiger partial charge in [0.2, 0.25) is 0 Å². The van der Waals surface area contributed by atoms with Gasteiger partial charge in [0.25, 0.3) is 0 Å². The van der Waals surface area contributed by atoms with Gasteiger partial charge in [0, 0.05) is 0 Å². The second kappa shape index (κ2) is 4.30. The van der Waals surface area contributed by atoms with Crippen LogP contribution < -0.4 is 0 Å². The highest BCUT2D eigenvalue weighted by molar-refractivity contribution is 4.81. The van der Waals surface area contributed by atoms with Crippen molar-refractivity contribution in [2.45, 2.75) is 53.4 Å². The largest absolute Gasteiger partial charge is 0.0651 e. The monoisotopic (exact) mass is 168 g/mol. The molecule has 0 N–H and O–H groups in total. The Hall–Kier alpha value is 0. The van der Waals surface area contributed by atoms with Crippen LogP contribution in [0.5, 0.6) is 0 Å². The molecule has 0 aromatic rings. The minimum Gasteiger partial charge on any atom is -0.0651 e. The fourth-order valence-electron chi connectivity index (χ4n) is 3.08. The molecule has 3 atom stereocenters. The van der Waals surface area contributed by atoms with Gasteiger partial charge >= 0.3 is 0 Å². The Labute approximate surface area is 77.7 Å². The maximum atomic E-state index is 2.45. The number of hydrogen-bond acceptors (Lipinski definition) is 0. The molecule has 12 heavy (non-hydrogen) atoms. The Morgan fingerprint density at radius 3 is 2.25 bits per heavy atom. The van der Waals surface area contributed by atoms with E-state index in [1.165, 1.54) is 25.7 Å². The van der Waals surface area contributed by atoms with Gasteiger partial charge in [-0.3, -0.25) is 0 Å². The van der Waals surface area contributed by atoms with Crippen molar-refractivity contribution in [3.8, 4) is 0 Å². The molecule has 0 aromatic carbocycles. The summed E-state index contributed by atoms with van der Waals surface area (Å²) in [5.74, 6) is 3.91. The minimum atomic E-state index is 0.889. The van der Waals surface area contributed by atoms with Crippen molar-refractivity contribution in [1.29, 1.82) is 0 Å². The zero-order chi connectivity index (χ0) is 9.14. The van der Waals surface area contributed by atoms with Gasteiger partial charge in [-0.2, -0.15) is 0 Å². The summed E-state index contributed by atoms with van der Waals surface area (Å²) in [5.41, 5.74) is 0. The molecule has 1 aliphatic carbocycles. The van der Waals surface area contributed by atoms with Crippen LogP contribution in [0, 0.1) is 23.7 Å². The molecule has 0 aliphatic heterocycles. The molecular weight excluding hydrogens is 144 g/mol. The van der Waals surface area contributed by atoms with Crippen LogP contribution in [0.1, 0.15) is 53.4 Å². The molecule has 0 radical (unpaired) electrons. The first-order chi connectivity index (χ1) is 5.66. The van der Waals surface area contributed by atoms with Crippen LogP contribution in [0.3, 0.4) is 0 Å². The summed E-state index contributed by atoms with van der Waals surface area (Å²) < 4.78 is 0. The van der Waals surface area contributed by atoms with E-state index in [4.69, 9.17) is 0 Å². The van der Waals surface area contributed by atoms with Crippen molar-refractivity contribution >= 4 is 0 Å². The SMILES string of the molecule is CCC(C(C)C)C1CCCC1C. The summed E-state index contributed by atoms with van der Waals surface area (Å²) in [4.78, 5) is 0. The van der Waals surface area contributed by atoms with Crippen LogP contribution in [0.25, 0.3) is 0 Å². The lowest BCUT2D eigenvalue weighted by Crippen LogP contribution is -2.21. The summed E-state index contributed by atoms with van der Waals surface area (Å²) in [5, 5.41) is 0. The zero-order valence-corrected chi connectivity index (χ0v) is 9.14. The van der Waals surface area contributed by atoms with E-state index in [1.54, 1.807) is 0 Å². The van der Waals surface area contributed by atoms with Crippen molar-refractivity contribution in [1.82, 2.24) is 0 Å². The van der Waals surface area contributed by atoms with Crippen LogP contribution in [-0.2, 0) is 0 Å². The Morgan fingerprint density at radius 2 is 1.92 bits per heavy atom. The molecule has 0 spiro atoms. The highest BCUT2D eigenvalue weighted by atomic mass is 14.4. The van der Waals surface area contributed by atoms with Crippen LogP contribution in [-0.4, -0.2) is 0 Å². The van der Waals surface area contributed by atoms with Crippen molar-refractivity contribution in [2.75, 3.05) is 0 Å². The second-order valence-electron chi connectivity index (χ2n) is 4.89. The Kier molecular flexibility index (Phi) is 3.61. The van der Waals surface area contributed by atoms with Crippen molar-refractivity contribution in [2.24, 2.45) is 23.7 Å². The molecular formula is C12H24. The lowest BCUT2D eigenvalue weighted by atomic mass is 9.77. The lowest BCUT2D eigenvalue weighted by Gasteiger charge is -2.29. The summed E-state index contributed by atoms with van der Waals surface area (Å²) >= 11 is 0. The predicted molar refractivity (Wildman–Crippen MR) is 55.1 cm³/mol. The van der Waals surface area contributed by atoms with Gasteiger partial charge in [-0.15, -0.1) is 0 Å². The van der Waals surface area contributed by atoms with Gasteiger partial charge in [0.15, 0.2) is 0 Å². The fraction of sp³-hybridized carbons (Fsp3) is 1.00. The Bertz CT molecular complexity index is 126. The third kappa shape index (κ3) is 2.02. The number of rotatable bonds is 3. The summed E-state index contributed by atoms with van der Waals surface area (Å²) in [7, 11) is 0. The minimum absolute atomic E-state index is 0.889. The van der Waals surface area contributed by atoms with Crippen molar-refractivity contribution in [3.05, 3.63) is 0 Å². The van der Waals surface area contributed by atoms with Crippen LogP contribution in [0.2, 0.25) is 0 Å². The summed E-state index contributed by atoms with van der Waals surface area (Å²) in [6, 6.07) is 0. The lowest BCUT2D eigenvalue weighted by molar-refractivity contribution is 0.206. The van der Waals surface area contributed by atoms with Crippen molar-refractivity contribution in [3.63, 3.8) is 0 Å². The molecule has 0 bridgehead atoms. The quantitative estimate of drug-likeness (QED) is 0.595. The standard InChI is InChI=1S/C12H24/c1-5-11(9(2)3)12-8-6-7-10(12)4/h9-12H,5-8H2,1-4H3. The van der Waals surface area contributed by atoms with Gasteiger partial charge < -0.3 is 0 Å². The van der Waals surface area contributed by atoms with E-state index in [1.807, 2.05) is 0 Å². The molecule has 0 heterocycles. The third-order valence-corrected chi connectivity index (χ3v) is 3.81. The average Bonchev–Trinajstić information content (AvgIpc) is 2.38. The molecule has 1 rings (SSSR count). The van der Waals surface area contributed by atoms with Crippen molar-refractivity contribution < 1.29 is 0 Å². The molecule has 0 heteroatoms. The molecule has 0 amide bonds. The summed E-state index contributed by atoms with van der Waals surface area (Å²) in [6.07, 6.45) is 5.84. The van der Waals surface area contributed by atoms with E-state index in [0.29, 0.717) is 0 Å². The van der Waals surface area contributed by atoms with Gasteiger partial charge in [-0.1, -0.05) is 47.0 Å². The molecule has 0 nitrogen and oxygen atoms in total. The van der Waals surface area contributed by atoms with E-state index in [-0.39, 0.29) is 0 Å². The maximum Gasteiger partial charge on any atom is -0.0358 e. The topological polar surface area (TPSA) is 0 Å². The van der Waals surface area contributed by atoms with E-state index in [9.17, 15) is 0 Å². The van der Waals surface area contributed by atoms with E-state index < -0.39 is 0 Å². The van der Waals surface area contributed by atoms with Crippen LogP contribution in [0.15, 0.2) is 0 Å². The third-order valence-electron chi connectivity index (χ3n) is 3.81. The highest BCUT2D eigenvalue weighted by Gasteiger charge is 2.31. The first-order valence-electron chi connectivity index (χ1n) is 5.66. The van der Waals surface area contributed by atoms with Crippen LogP contribution >= 0.6 is 0 Å². The molecule has 3 unspecified atom stereocenters. The zero-order valence-electron chi connectivity index (χ0n) is 9.14. The first-order valence-corrected chi connectivity index (χ1v) is 5.66. The van der Waals surface area contributed by atoms with E-state index in [0.717, 1.165) is 23.7 Å². The normalized spacial score (nSPS) is 32.8. The number of hydrogen-bond donors (Lipinski definition) is 0. The molecule has 72 valence electrons. The van der Waals surface area contributed by atoms with Gasteiger partial charge in [0.05, 0.1) is 0 Å².